The minimum Gasteiger partial charge on any atom is -0.480 e. The van der Waals surface area contributed by atoms with Gasteiger partial charge in [-0.1, -0.05) is 36.8 Å². The van der Waals surface area contributed by atoms with Crippen LogP contribution in [0.3, 0.4) is 0 Å². The molecule has 10 nitrogen and oxygen atoms in total. The highest BCUT2D eigenvalue weighted by Crippen LogP contribution is 2.20. The summed E-state index contributed by atoms with van der Waals surface area (Å²) in [5, 5.41) is 14.4. The number of amides is 3. The Balaban J connectivity index is 2.16. The van der Waals surface area contributed by atoms with Crippen molar-refractivity contribution in [1.29, 1.82) is 0 Å². The zero-order valence-corrected chi connectivity index (χ0v) is 20.1. The van der Waals surface area contributed by atoms with Crippen molar-refractivity contribution >= 4 is 36.3 Å². The molecule has 2 rings (SSSR count). The number of unbranched alkanes of at least 4 members (excludes halogenated alkanes) is 1. The van der Waals surface area contributed by atoms with Gasteiger partial charge in [-0.2, -0.15) is 12.6 Å². The van der Waals surface area contributed by atoms with Gasteiger partial charge in [-0.15, -0.1) is 0 Å². The first kappa shape index (κ1) is 27.6. The van der Waals surface area contributed by atoms with Crippen LogP contribution >= 0.6 is 12.6 Å². The minimum atomic E-state index is -1.20. The van der Waals surface area contributed by atoms with Crippen LogP contribution in [-0.2, 0) is 25.6 Å². The summed E-state index contributed by atoms with van der Waals surface area (Å²) < 4.78 is 0. The molecule has 0 bridgehead atoms. The van der Waals surface area contributed by atoms with Crippen molar-refractivity contribution in [2.45, 2.75) is 62.7 Å². The molecule has 0 aliphatic carbocycles. The number of hydrogen-bond acceptors (Lipinski definition) is 7. The molecule has 1 aromatic carbocycles. The van der Waals surface area contributed by atoms with Gasteiger partial charge in [0.2, 0.25) is 17.7 Å². The predicted molar refractivity (Wildman–Crippen MR) is 131 cm³/mol. The largest absolute Gasteiger partial charge is 0.480 e. The van der Waals surface area contributed by atoms with Crippen molar-refractivity contribution in [3.05, 3.63) is 35.9 Å². The van der Waals surface area contributed by atoms with Crippen molar-refractivity contribution in [3.8, 4) is 0 Å². The fraction of sp³-hybridized carbons (Fsp3) is 0.565. The Labute approximate surface area is 205 Å². The third-order valence-corrected chi connectivity index (χ3v) is 6.20. The lowest BCUT2D eigenvalue weighted by Crippen LogP contribution is -2.57. The van der Waals surface area contributed by atoms with Crippen LogP contribution in [0.1, 0.15) is 37.7 Å². The van der Waals surface area contributed by atoms with Crippen molar-refractivity contribution < 1.29 is 24.3 Å². The van der Waals surface area contributed by atoms with E-state index in [1.807, 2.05) is 30.3 Å². The van der Waals surface area contributed by atoms with Gasteiger partial charge in [0.15, 0.2) is 0 Å². The third kappa shape index (κ3) is 8.00. The number of nitrogens with zero attached hydrogens (tertiary/aromatic N) is 1. The number of carbonyl (C=O) groups excluding carboxylic acids is 3. The van der Waals surface area contributed by atoms with E-state index in [0.29, 0.717) is 38.8 Å². The number of aliphatic carboxylic acids is 1. The molecule has 3 amide bonds. The number of nitrogens with two attached hydrogens (primary N) is 2. The lowest BCUT2D eigenvalue weighted by molar-refractivity contribution is -0.144. The molecule has 1 heterocycles. The number of hydrogen-bond donors (Lipinski definition) is 6. The van der Waals surface area contributed by atoms with E-state index in [4.69, 9.17) is 11.5 Å². The van der Waals surface area contributed by atoms with Crippen LogP contribution in [0, 0.1) is 0 Å². The van der Waals surface area contributed by atoms with Gasteiger partial charge in [0.1, 0.15) is 18.1 Å². The second-order valence-electron chi connectivity index (χ2n) is 8.41. The van der Waals surface area contributed by atoms with Gasteiger partial charge in [0, 0.05) is 18.7 Å². The first-order valence-corrected chi connectivity index (χ1v) is 12.2. The summed E-state index contributed by atoms with van der Waals surface area (Å²) in [5.41, 5.74) is 12.4. The highest BCUT2D eigenvalue weighted by atomic mass is 32.1. The Morgan fingerprint density at radius 3 is 2.44 bits per heavy atom. The SMILES string of the molecule is NCCCCC(N)C(=O)NC(Cc1ccccc1)C(=O)N1CCCC1C(=O)NC(CS)C(=O)O. The first-order chi connectivity index (χ1) is 16.3. The number of carboxylic acid groups (broad SMARTS) is 1. The lowest BCUT2D eigenvalue weighted by atomic mass is 10.0. The first-order valence-electron chi connectivity index (χ1n) is 11.5. The van der Waals surface area contributed by atoms with Gasteiger partial charge < -0.3 is 32.1 Å². The van der Waals surface area contributed by atoms with Crippen molar-refractivity contribution in [1.82, 2.24) is 15.5 Å². The molecule has 1 saturated heterocycles. The van der Waals surface area contributed by atoms with Gasteiger partial charge in [-0.25, -0.2) is 4.79 Å². The van der Waals surface area contributed by atoms with Crippen LogP contribution in [0.4, 0.5) is 0 Å². The maximum Gasteiger partial charge on any atom is 0.327 e. The van der Waals surface area contributed by atoms with E-state index in [1.54, 1.807) is 0 Å². The van der Waals surface area contributed by atoms with Crippen molar-refractivity contribution in [3.63, 3.8) is 0 Å². The molecule has 4 atom stereocenters. The van der Waals surface area contributed by atoms with E-state index in [1.165, 1.54) is 4.90 Å². The third-order valence-electron chi connectivity index (χ3n) is 5.84. The molecule has 188 valence electrons. The van der Waals surface area contributed by atoms with Gasteiger partial charge >= 0.3 is 5.97 Å². The maximum absolute atomic E-state index is 13.5. The molecule has 1 fully saturated rings. The molecule has 34 heavy (non-hydrogen) atoms. The summed E-state index contributed by atoms with van der Waals surface area (Å²) in [6.07, 6.45) is 3.13. The lowest BCUT2D eigenvalue weighted by Gasteiger charge is -2.30. The summed E-state index contributed by atoms with van der Waals surface area (Å²) in [7, 11) is 0. The Hall–Kier alpha value is -2.63. The van der Waals surface area contributed by atoms with Gasteiger partial charge in [-0.05, 0) is 37.8 Å². The normalized spacial score (nSPS) is 18.1. The molecule has 0 aromatic heterocycles. The highest BCUT2D eigenvalue weighted by Gasteiger charge is 2.39. The molecule has 0 spiro atoms. The van der Waals surface area contributed by atoms with E-state index in [2.05, 4.69) is 23.3 Å². The summed E-state index contributed by atoms with van der Waals surface area (Å²) in [5.74, 6) is -2.65. The standard InChI is InChI=1S/C23H35N5O5S/c24-11-5-4-9-16(25)20(29)26-17(13-15-7-2-1-3-8-15)22(31)28-12-6-10-19(28)21(30)27-18(14-34)23(32)33/h1-3,7-8,16-19,34H,4-6,9-14,24-25H2,(H,26,29)(H,27,30)(H,32,33). The Morgan fingerprint density at radius 2 is 1.82 bits per heavy atom. The quantitative estimate of drug-likeness (QED) is 0.161. The monoisotopic (exact) mass is 493 g/mol. The molecular formula is C23H35N5O5S. The van der Waals surface area contributed by atoms with Crippen LogP contribution in [0.25, 0.3) is 0 Å². The summed E-state index contributed by atoms with van der Waals surface area (Å²) in [6, 6.07) is 5.58. The molecule has 1 aliphatic rings. The average Bonchev–Trinajstić information content (AvgIpc) is 3.32. The zero-order valence-electron chi connectivity index (χ0n) is 19.2. The molecular weight excluding hydrogens is 458 g/mol. The molecule has 1 aliphatic heterocycles. The number of rotatable bonds is 13. The van der Waals surface area contributed by atoms with E-state index < -0.39 is 47.9 Å². The second kappa shape index (κ2) is 13.9. The van der Waals surface area contributed by atoms with E-state index in [9.17, 15) is 24.3 Å². The number of carbonyl (C=O) groups is 4. The van der Waals surface area contributed by atoms with Crippen LogP contribution in [0.2, 0.25) is 0 Å². The summed E-state index contributed by atoms with van der Waals surface area (Å²) in [6.45, 7) is 0.844. The van der Waals surface area contributed by atoms with Crippen LogP contribution in [0.5, 0.6) is 0 Å². The number of likely N-dealkylation sites (tertiary alicyclic amines) is 1. The zero-order chi connectivity index (χ0) is 25.1. The maximum atomic E-state index is 13.5. The number of thiol groups is 1. The molecule has 11 heteroatoms. The molecule has 7 N–H and O–H groups in total. The van der Waals surface area contributed by atoms with E-state index in [-0.39, 0.29) is 12.2 Å². The fourth-order valence-corrected chi connectivity index (χ4v) is 4.17. The van der Waals surface area contributed by atoms with Gasteiger partial charge in [-0.3, -0.25) is 14.4 Å². The minimum absolute atomic E-state index is 0.0729. The average molecular weight is 494 g/mol. The molecule has 0 radical (unpaired) electrons. The predicted octanol–water partition coefficient (Wildman–Crippen LogP) is -0.340. The smallest absolute Gasteiger partial charge is 0.327 e. The van der Waals surface area contributed by atoms with Crippen molar-refractivity contribution in [2.75, 3.05) is 18.8 Å². The van der Waals surface area contributed by atoms with Crippen LogP contribution in [-0.4, -0.2) is 76.7 Å². The molecule has 1 aromatic rings. The van der Waals surface area contributed by atoms with Crippen LogP contribution < -0.4 is 22.1 Å². The number of nitrogens with one attached hydrogen (secondary N) is 2. The van der Waals surface area contributed by atoms with Crippen molar-refractivity contribution in [2.24, 2.45) is 11.5 Å². The second-order valence-corrected chi connectivity index (χ2v) is 8.78. The highest BCUT2D eigenvalue weighted by molar-refractivity contribution is 7.80. The summed E-state index contributed by atoms with van der Waals surface area (Å²) >= 11 is 3.97. The molecule has 0 saturated carbocycles. The summed E-state index contributed by atoms with van der Waals surface area (Å²) in [4.78, 5) is 51.7. The Morgan fingerprint density at radius 1 is 1.12 bits per heavy atom. The number of benzene rings is 1. The van der Waals surface area contributed by atoms with Gasteiger partial charge in [0.25, 0.3) is 0 Å². The van der Waals surface area contributed by atoms with Gasteiger partial charge in [0.05, 0.1) is 6.04 Å². The van der Waals surface area contributed by atoms with Crippen LogP contribution in [0.15, 0.2) is 30.3 Å². The Bertz CT molecular complexity index is 840. The topological polar surface area (TPSA) is 168 Å². The fourth-order valence-electron chi connectivity index (χ4n) is 3.92. The molecule has 4 unspecified atom stereocenters. The number of carboxylic acids is 1. The van der Waals surface area contributed by atoms with E-state index in [0.717, 1.165) is 12.0 Å². The Kier molecular flexibility index (Phi) is 11.3. The van der Waals surface area contributed by atoms with E-state index >= 15 is 0 Å².